The number of piperazine rings is 1. The first-order chi connectivity index (χ1) is 9.56. The van der Waals surface area contributed by atoms with Crippen molar-refractivity contribution >= 4 is 17.7 Å². The fourth-order valence-corrected chi connectivity index (χ4v) is 1.89. The third-order valence-electron chi connectivity index (χ3n) is 3.02. The minimum atomic E-state index is -1.18. The normalized spacial score (nSPS) is 16.6. The van der Waals surface area contributed by atoms with Crippen molar-refractivity contribution in [3.8, 4) is 0 Å². The predicted molar refractivity (Wildman–Crippen MR) is 72.4 cm³/mol. The monoisotopic (exact) mass is 279 g/mol. The van der Waals surface area contributed by atoms with E-state index in [1.54, 1.807) is 11.1 Å². The van der Waals surface area contributed by atoms with Crippen LogP contribution in [0.4, 0.5) is 10.5 Å². The number of aromatic nitrogens is 1. The average Bonchev–Trinajstić information content (AvgIpc) is 2.41. The summed E-state index contributed by atoms with van der Waals surface area (Å²) in [5.41, 5.74) is 2.68. The first kappa shape index (κ1) is 14.2. The van der Waals surface area contributed by atoms with E-state index >= 15 is 0 Å². The molecule has 0 aromatic carbocycles. The lowest BCUT2D eigenvalue weighted by Gasteiger charge is -2.32. The highest BCUT2D eigenvalue weighted by atomic mass is 16.4. The molecular formula is C12H17N5O3. The highest BCUT2D eigenvalue weighted by Crippen LogP contribution is 2.11. The second-order valence-electron chi connectivity index (χ2n) is 4.56. The minimum absolute atomic E-state index is 0.173. The van der Waals surface area contributed by atoms with Crippen LogP contribution in [0.3, 0.4) is 0 Å². The van der Waals surface area contributed by atoms with Crippen molar-refractivity contribution in [2.75, 3.05) is 38.5 Å². The van der Waals surface area contributed by atoms with Gasteiger partial charge in [-0.3, -0.25) is 5.43 Å². The van der Waals surface area contributed by atoms with Gasteiger partial charge in [0.25, 0.3) is 0 Å². The van der Waals surface area contributed by atoms with Crippen LogP contribution in [0.15, 0.2) is 18.3 Å². The van der Waals surface area contributed by atoms with Crippen LogP contribution < -0.4 is 10.7 Å². The Balaban J connectivity index is 1.93. The van der Waals surface area contributed by atoms with Crippen LogP contribution >= 0.6 is 0 Å². The number of pyridine rings is 1. The van der Waals surface area contributed by atoms with Crippen molar-refractivity contribution in [2.24, 2.45) is 0 Å². The lowest BCUT2D eigenvalue weighted by molar-refractivity contribution is 0.0691. The first-order valence-electron chi connectivity index (χ1n) is 6.25. The van der Waals surface area contributed by atoms with Crippen LogP contribution in [0.5, 0.6) is 0 Å². The van der Waals surface area contributed by atoms with E-state index in [1.165, 1.54) is 12.3 Å². The molecule has 0 aliphatic carbocycles. The zero-order valence-corrected chi connectivity index (χ0v) is 11.2. The van der Waals surface area contributed by atoms with Crippen molar-refractivity contribution in [1.29, 1.82) is 0 Å². The fraction of sp³-hybridized carbons (Fsp3) is 0.417. The molecule has 3 N–H and O–H groups in total. The van der Waals surface area contributed by atoms with E-state index in [0.29, 0.717) is 0 Å². The smallest absolute Gasteiger partial charge is 0.356 e. The molecule has 0 bridgehead atoms. The quantitative estimate of drug-likeness (QED) is 0.724. The van der Waals surface area contributed by atoms with E-state index in [9.17, 15) is 9.59 Å². The summed E-state index contributed by atoms with van der Waals surface area (Å²) in [6.45, 7) is 3.19. The van der Waals surface area contributed by atoms with Crippen molar-refractivity contribution in [2.45, 2.75) is 0 Å². The minimum Gasteiger partial charge on any atom is -0.476 e. The molecule has 0 radical (unpaired) electrons. The Morgan fingerprint density at radius 3 is 2.65 bits per heavy atom. The number of urea groups is 1. The molecule has 1 aromatic rings. The number of carbonyl (C=O) groups excluding carboxylic acids is 1. The number of likely N-dealkylation sites (N-methyl/N-ethyl adjacent to an activating group) is 1. The van der Waals surface area contributed by atoms with Gasteiger partial charge in [-0.05, 0) is 19.2 Å². The summed E-state index contributed by atoms with van der Waals surface area (Å²) in [5.74, 6) is -1.18. The Kier molecular flexibility index (Phi) is 4.49. The van der Waals surface area contributed by atoms with Gasteiger partial charge in [-0.1, -0.05) is 0 Å². The maximum absolute atomic E-state index is 11.8. The zero-order chi connectivity index (χ0) is 14.5. The van der Waals surface area contributed by atoms with Gasteiger partial charge in [-0.15, -0.1) is 0 Å². The summed E-state index contributed by atoms with van der Waals surface area (Å²) in [6, 6.07) is 2.60. The number of rotatable bonds is 3. The topological polar surface area (TPSA) is 97.8 Å². The number of hydrazine groups is 1. The summed E-state index contributed by atoms with van der Waals surface area (Å²) in [6.07, 6.45) is 1.37. The largest absolute Gasteiger partial charge is 0.476 e. The summed E-state index contributed by atoms with van der Waals surface area (Å²) in [5, 5.41) is 13.3. The fourth-order valence-electron chi connectivity index (χ4n) is 1.89. The lowest BCUT2D eigenvalue weighted by atomic mass is 10.3. The predicted octanol–water partition coefficient (Wildman–Crippen LogP) is 0.0637. The van der Waals surface area contributed by atoms with Crippen molar-refractivity contribution in [3.63, 3.8) is 0 Å². The van der Waals surface area contributed by atoms with E-state index < -0.39 is 12.0 Å². The number of amides is 2. The highest BCUT2D eigenvalue weighted by molar-refractivity contribution is 5.98. The van der Waals surface area contributed by atoms with Crippen LogP contribution in [-0.2, 0) is 0 Å². The molecule has 0 atom stereocenters. The maximum Gasteiger partial charge on any atom is 0.356 e. The molecule has 2 heterocycles. The van der Waals surface area contributed by atoms with E-state index in [-0.39, 0.29) is 11.4 Å². The molecule has 108 valence electrons. The summed E-state index contributed by atoms with van der Waals surface area (Å²) >= 11 is 0. The molecule has 2 rings (SSSR count). The molecule has 0 spiro atoms. The van der Waals surface area contributed by atoms with Gasteiger partial charge < -0.3 is 15.3 Å². The van der Waals surface area contributed by atoms with Gasteiger partial charge in [-0.25, -0.2) is 19.6 Å². The molecule has 2 amide bonds. The lowest BCUT2D eigenvalue weighted by Crippen LogP contribution is -2.53. The Hall–Kier alpha value is -2.19. The number of aromatic carboxylic acids is 1. The van der Waals surface area contributed by atoms with E-state index in [2.05, 4.69) is 20.6 Å². The zero-order valence-electron chi connectivity index (χ0n) is 11.2. The maximum atomic E-state index is 11.8. The molecule has 20 heavy (non-hydrogen) atoms. The first-order valence-corrected chi connectivity index (χ1v) is 6.25. The number of hydrogen-bond acceptors (Lipinski definition) is 5. The number of nitrogens with one attached hydrogen (secondary N) is 2. The molecule has 8 heteroatoms. The average molecular weight is 279 g/mol. The number of carboxylic acids is 1. The van der Waals surface area contributed by atoms with Crippen molar-refractivity contribution in [1.82, 2.24) is 20.3 Å². The van der Waals surface area contributed by atoms with Gasteiger partial charge in [0.05, 0.1) is 5.69 Å². The standard InChI is InChI=1S/C12H17N5O3/c1-16-5-7-17(8-6-16)15-12(20)14-9-3-2-4-13-10(9)11(18)19/h2-4H,5-8H2,1H3,(H,18,19)(H2,14,15,20). The van der Waals surface area contributed by atoms with Crippen LogP contribution in [0.25, 0.3) is 0 Å². The SMILES string of the molecule is CN1CCN(NC(=O)Nc2cccnc2C(=O)O)CC1. The van der Waals surface area contributed by atoms with Gasteiger partial charge in [0.15, 0.2) is 5.69 Å². The molecule has 1 aliphatic heterocycles. The van der Waals surface area contributed by atoms with E-state index in [4.69, 9.17) is 5.11 Å². The number of carboxylic acid groups (broad SMARTS) is 1. The Bertz CT molecular complexity index is 500. The van der Waals surface area contributed by atoms with Gasteiger partial charge in [-0.2, -0.15) is 0 Å². The summed E-state index contributed by atoms with van der Waals surface area (Å²) in [7, 11) is 2.02. The number of nitrogens with zero attached hydrogens (tertiary/aromatic N) is 3. The number of hydrogen-bond donors (Lipinski definition) is 3. The third-order valence-corrected chi connectivity index (χ3v) is 3.02. The van der Waals surface area contributed by atoms with Gasteiger partial charge in [0, 0.05) is 32.4 Å². The van der Waals surface area contributed by atoms with Gasteiger partial charge >= 0.3 is 12.0 Å². The van der Waals surface area contributed by atoms with Crippen LogP contribution in [0.2, 0.25) is 0 Å². The molecule has 0 saturated carbocycles. The molecule has 1 fully saturated rings. The Morgan fingerprint density at radius 1 is 1.30 bits per heavy atom. The number of anilines is 1. The van der Waals surface area contributed by atoms with Crippen molar-refractivity contribution < 1.29 is 14.7 Å². The van der Waals surface area contributed by atoms with Gasteiger partial charge in [0.1, 0.15) is 0 Å². The van der Waals surface area contributed by atoms with Gasteiger partial charge in [0.2, 0.25) is 0 Å². The molecule has 1 aliphatic rings. The molecule has 8 nitrogen and oxygen atoms in total. The summed E-state index contributed by atoms with van der Waals surface area (Å²) < 4.78 is 0. The third kappa shape index (κ3) is 3.65. The van der Waals surface area contributed by atoms with Crippen LogP contribution in [0, 0.1) is 0 Å². The van der Waals surface area contributed by atoms with Crippen LogP contribution in [-0.4, -0.2) is 65.2 Å². The Morgan fingerprint density at radius 2 is 2.00 bits per heavy atom. The van der Waals surface area contributed by atoms with Crippen molar-refractivity contribution in [3.05, 3.63) is 24.0 Å². The Labute approximate surface area is 116 Å². The second-order valence-corrected chi connectivity index (χ2v) is 4.56. The molecule has 1 aromatic heterocycles. The molecule has 0 unspecified atom stereocenters. The number of carbonyl (C=O) groups is 2. The molecule has 1 saturated heterocycles. The van der Waals surface area contributed by atoms with E-state index in [1.807, 2.05) is 7.05 Å². The summed E-state index contributed by atoms with van der Waals surface area (Å²) in [4.78, 5) is 28.7. The molecular weight excluding hydrogens is 262 g/mol. The van der Waals surface area contributed by atoms with E-state index in [0.717, 1.165) is 26.2 Å². The highest BCUT2D eigenvalue weighted by Gasteiger charge is 2.17. The van der Waals surface area contributed by atoms with Crippen LogP contribution in [0.1, 0.15) is 10.5 Å². The second kappa shape index (κ2) is 6.31.